The molecule has 0 saturated carbocycles. The van der Waals surface area contributed by atoms with Crippen molar-refractivity contribution in [1.29, 1.82) is 0 Å². The molecule has 0 bridgehead atoms. The summed E-state index contributed by atoms with van der Waals surface area (Å²) in [6.45, 7) is 1.83. The van der Waals surface area contributed by atoms with Crippen molar-refractivity contribution >= 4 is 17.8 Å². The van der Waals surface area contributed by atoms with Gasteiger partial charge in [-0.2, -0.15) is 0 Å². The fraction of sp³-hybridized carbons (Fsp3) is 0.750. The maximum Gasteiger partial charge on any atom is 0.326 e. The molecule has 6 nitrogen and oxygen atoms in total. The van der Waals surface area contributed by atoms with E-state index in [1.165, 1.54) is 0 Å². The summed E-state index contributed by atoms with van der Waals surface area (Å²) in [5.41, 5.74) is 0. The van der Waals surface area contributed by atoms with Crippen LogP contribution >= 0.6 is 0 Å². The van der Waals surface area contributed by atoms with Crippen molar-refractivity contribution < 1.29 is 29.0 Å². The van der Waals surface area contributed by atoms with Gasteiger partial charge in [0.05, 0.1) is 0 Å². The average Bonchev–Trinajstić information content (AvgIpc) is 2.31. The summed E-state index contributed by atoms with van der Waals surface area (Å²) < 4.78 is 13.1. The highest BCUT2D eigenvalue weighted by molar-refractivity contribution is 5.83. The van der Waals surface area contributed by atoms with Crippen LogP contribution in [0.3, 0.4) is 0 Å². The number of rotatable bonds is 10. The molecule has 0 aromatic rings. The third-order valence-corrected chi connectivity index (χ3v) is 2.57. The molecule has 0 aromatic heterocycles. The van der Waals surface area contributed by atoms with Gasteiger partial charge in [0, 0.05) is 12.8 Å². The van der Waals surface area contributed by atoms with Crippen LogP contribution in [0.5, 0.6) is 0 Å². The zero-order valence-corrected chi connectivity index (χ0v) is 10.9. The minimum atomic E-state index is -1.29. The number of carbonyl (C=O) groups is 3. The minimum absolute atomic E-state index is 0.0466. The molecule has 2 atom stereocenters. The second-order valence-corrected chi connectivity index (χ2v) is 4.32. The lowest BCUT2D eigenvalue weighted by molar-refractivity contribution is -0.143. The van der Waals surface area contributed by atoms with Gasteiger partial charge in [-0.05, 0) is 19.3 Å². The number of alkyl halides is 1. The Balaban J connectivity index is 4.10. The largest absolute Gasteiger partial charge is 0.481 e. The number of aliphatic carboxylic acids is 2. The van der Waals surface area contributed by atoms with Gasteiger partial charge in [-0.3, -0.25) is 9.59 Å². The number of amides is 1. The molecule has 0 aliphatic carbocycles. The lowest BCUT2D eigenvalue weighted by atomic mass is 10.1. The maximum atomic E-state index is 13.1. The number of carbonyl (C=O) groups excluding carboxylic acids is 1. The maximum absolute atomic E-state index is 13.1. The molecule has 0 saturated heterocycles. The van der Waals surface area contributed by atoms with Crippen LogP contribution in [0.2, 0.25) is 0 Å². The van der Waals surface area contributed by atoms with Crippen LogP contribution in [0.4, 0.5) is 4.39 Å². The number of hydrogen-bond acceptors (Lipinski definition) is 3. The summed E-state index contributed by atoms with van der Waals surface area (Å²) in [7, 11) is 0. The van der Waals surface area contributed by atoms with Gasteiger partial charge in [0.15, 0.2) is 0 Å². The topological polar surface area (TPSA) is 104 Å². The first-order chi connectivity index (χ1) is 8.86. The van der Waals surface area contributed by atoms with E-state index < -0.39 is 30.1 Å². The fourth-order valence-electron chi connectivity index (χ4n) is 1.54. The van der Waals surface area contributed by atoms with Crippen LogP contribution in [-0.4, -0.2) is 40.3 Å². The molecule has 7 heteroatoms. The Morgan fingerprint density at radius 1 is 1.11 bits per heavy atom. The SMILES string of the molecule is CCCC(F)CCC(=O)N[C@@H](CCC(=O)O)C(=O)O. The van der Waals surface area contributed by atoms with E-state index in [0.717, 1.165) is 0 Å². The van der Waals surface area contributed by atoms with Crippen molar-refractivity contribution in [2.45, 2.75) is 57.7 Å². The van der Waals surface area contributed by atoms with E-state index in [4.69, 9.17) is 10.2 Å². The Hall–Kier alpha value is -1.66. The molecule has 1 unspecified atom stereocenters. The highest BCUT2D eigenvalue weighted by Crippen LogP contribution is 2.09. The van der Waals surface area contributed by atoms with E-state index in [2.05, 4.69) is 5.32 Å². The number of nitrogens with one attached hydrogen (secondary N) is 1. The molecular formula is C12H20FNO5. The Labute approximate surface area is 111 Å². The Kier molecular flexibility index (Phi) is 8.48. The van der Waals surface area contributed by atoms with Crippen molar-refractivity contribution in [1.82, 2.24) is 5.32 Å². The molecule has 0 rings (SSSR count). The monoisotopic (exact) mass is 277 g/mol. The van der Waals surface area contributed by atoms with E-state index in [-0.39, 0.29) is 25.7 Å². The van der Waals surface area contributed by atoms with E-state index >= 15 is 0 Å². The predicted molar refractivity (Wildman–Crippen MR) is 65.5 cm³/mol. The van der Waals surface area contributed by atoms with Crippen molar-refractivity contribution in [2.75, 3.05) is 0 Å². The summed E-state index contributed by atoms with van der Waals surface area (Å²) in [6.07, 6.45) is -0.613. The molecule has 0 aliphatic heterocycles. The highest BCUT2D eigenvalue weighted by atomic mass is 19.1. The molecule has 0 aromatic carbocycles. The Morgan fingerprint density at radius 2 is 1.74 bits per heavy atom. The standard InChI is InChI=1S/C12H20FNO5/c1-2-3-8(13)4-6-10(15)14-9(12(18)19)5-7-11(16)17/h8-9H,2-7H2,1H3,(H,14,15)(H,16,17)(H,18,19)/t8?,9-/m0/s1. The summed E-state index contributed by atoms with van der Waals surface area (Å²) >= 11 is 0. The third kappa shape index (κ3) is 8.98. The normalized spacial score (nSPS) is 13.6. The molecular weight excluding hydrogens is 257 g/mol. The van der Waals surface area contributed by atoms with Crippen molar-refractivity contribution in [2.24, 2.45) is 0 Å². The number of carboxylic acids is 2. The van der Waals surface area contributed by atoms with Crippen LogP contribution in [0, 0.1) is 0 Å². The highest BCUT2D eigenvalue weighted by Gasteiger charge is 2.21. The van der Waals surface area contributed by atoms with E-state index in [1.807, 2.05) is 6.92 Å². The first-order valence-electron chi connectivity index (χ1n) is 6.24. The Morgan fingerprint density at radius 3 is 2.21 bits per heavy atom. The first-order valence-corrected chi connectivity index (χ1v) is 6.24. The quantitative estimate of drug-likeness (QED) is 0.559. The molecule has 0 radical (unpaired) electrons. The smallest absolute Gasteiger partial charge is 0.326 e. The molecule has 0 spiro atoms. The lowest BCUT2D eigenvalue weighted by Gasteiger charge is -2.14. The van der Waals surface area contributed by atoms with Gasteiger partial charge < -0.3 is 15.5 Å². The Bertz CT molecular complexity index is 321. The second-order valence-electron chi connectivity index (χ2n) is 4.32. The average molecular weight is 277 g/mol. The van der Waals surface area contributed by atoms with Crippen LogP contribution in [0.15, 0.2) is 0 Å². The van der Waals surface area contributed by atoms with Gasteiger partial charge in [-0.15, -0.1) is 0 Å². The first kappa shape index (κ1) is 17.3. The zero-order chi connectivity index (χ0) is 14.8. The number of carboxylic acid groups (broad SMARTS) is 2. The zero-order valence-electron chi connectivity index (χ0n) is 10.9. The molecule has 0 fully saturated rings. The van der Waals surface area contributed by atoms with Crippen molar-refractivity contribution in [3.63, 3.8) is 0 Å². The van der Waals surface area contributed by atoms with E-state index in [0.29, 0.717) is 12.8 Å². The summed E-state index contributed by atoms with van der Waals surface area (Å²) in [4.78, 5) is 32.6. The van der Waals surface area contributed by atoms with E-state index in [9.17, 15) is 18.8 Å². The fourth-order valence-corrected chi connectivity index (χ4v) is 1.54. The van der Waals surface area contributed by atoms with Crippen molar-refractivity contribution in [3.8, 4) is 0 Å². The molecule has 1 amide bonds. The molecule has 3 N–H and O–H groups in total. The van der Waals surface area contributed by atoms with Gasteiger partial charge >= 0.3 is 11.9 Å². The second kappa shape index (κ2) is 9.29. The predicted octanol–water partition coefficient (Wildman–Crippen LogP) is 1.34. The summed E-state index contributed by atoms with van der Waals surface area (Å²) in [5.74, 6) is -3.00. The van der Waals surface area contributed by atoms with Gasteiger partial charge in [0.25, 0.3) is 0 Å². The van der Waals surface area contributed by atoms with Gasteiger partial charge in [0.1, 0.15) is 12.2 Å². The van der Waals surface area contributed by atoms with Crippen LogP contribution in [0.25, 0.3) is 0 Å². The third-order valence-electron chi connectivity index (χ3n) is 2.57. The van der Waals surface area contributed by atoms with Gasteiger partial charge in [-0.25, -0.2) is 9.18 Å². The minimum Gasteiger partial charge on any atom is -0.481 e. The van der Waals surface area contributed by atoms with Crippen LogP contribution < -0.4 is 5.32 Å². The molecule has 0 aliphatic rings. The van der Waals surface area contributed by atoms with Crippen molar-refractivity contribution in [3.05, 3.63) is 0 Å². The van der Waals surface area contributed by atoms with E-state index in [1.54, 1.807) is 0 Å². The molecule has 19 heavy (non-hydrogen) atoms. The summed E-state index contributed by atoms with van der Waals surface area (Å²) in [6, 6.07) is -1.24. The summed E-state index contributed by atoms with van der Waals surface area (Å²) in [5, 5.41) is 19.5. The number of hydrogen-bond donors (Lipinski definition) is 3. The lowest BCUT2D eigenvalue weighted by Crippen LogP contribution is -2.41. The number of halogens is 1. The molecule has 0 heterocycles. The van der Waals surface area contributed by atoms with Gasteiger partial charge in [-0.1, -0.05) is 13.3 Å². The van der Waals surface area contributed by atoms with Crippen LogP contribution in [-0.2, 0) is 14.4 Å². The van der Waals surface area contributed by atoms with Gasteiger partial charge in [0.2, 0.25) is 5.91 Å². The van der Waals surface area contributed by atoms with Crippen LogP contribution in [0.1, 0.15) is 45.4 Å². The molecule has 110 valence electrons.